The minimum Gasteiger partial charge on any atom is -0.490 e. The van der Waals surface area contributed by atoms with Gasteiger partial charge in [0.05, 0.1) is 17.3 Å². The lowest BCUT2D eigenvalue weighted by molar-refractivity contribution is 0.0954. The zero-order valence-electron chi connectivity index (χ0n) is 17.2. The van der Waals surface area contributed by atoms with Crippen molar-refractivity contribution in [1.82, 2.24) is 5.43 Å². The van der Waals surface area contributed by atoms with Crippen LogP contribution in [0.1, 0.15) is 34.0 Å². The predicted molar refractivity (Wildman–Crippen MR) is 130 cm³/mol. The number of hydrogen-bond acceptors (Lipinski definition) is 4. The first-order chi connectivity index (χ1) is 15.0. The van der Waals surface area contributed by atoms with E-state index in [1.807, 2.05) is 68.4 Å². The highest BCUT2D eigenvalue weighted by Crippen LogP contribution is 2.37. The smallest absolute Gasteiger partial charge is 0.271 e. The summed E-state index contributed by atoms with van der Waals surface area (Å²) in [6.07, 6.45) is 1.57. The zero-order chi connectivity index (χ0) is 22.2. The number of ether oxygens (including phenoxy) is 2. The summed E-state index contributed by atoms with van der Waals surface area (Å²) in [6, 6.07) is 19.0. The van der Waals surface area contributed by atoms with Gasteiger partial charge < -0.3 is 9.47 Å². The Labute approximate surface area is 198 Å². The maximum atomic E-state index is 12.3. The fourth-order valence-corrected chi connectivity index (χ4v) is 3.69. The summed E-state index contributed by atoms with van der Waals surface area (Å²) in [7, 11) is 0. The maximum Gasteiger partial charge on any atom is 0.271 e. The maximum absolute atomic E-state index is 12.3. The summed E-state index contributed by atoms with van der Waals surface area (Å²) in [6.45, 7) is 4.70. The SMILES string of the molecule is CCOc1cc(/C=N/NC(=O)c2ccccc2C)cc(Br)c1OCc1ccc(Br)cc1. The lowest BCUT2D eigenvalue weighted by Crippen LogP contribution is -2.18. The summed E-state index contributed by atoms with van der Waals surface area (Å²) < 4.78 is 13.5. The second-order valence-corrected chi connectivity index (χ2v) is 8.46. The van der Waals surface area contributed by atoms with E-state index in [1.165, 1.54) is 0 Å². The minimum atomic E-state index is -0.257. The molecule has 0 aromatic heterocycles. The number of halogens is 2. The molecule has 0 aliphatic carbocycles. The first kappa shape index (κ1) is 23.0. The molecule has 0 saturated heterocycles. The molecule has 0 aliphatic heterocycles. The van der Waals surface area contributed by atoms with Crippen LogP contribution in [0.3, 0.4) is 0 Å². The van der Waals surface area contributed by atoms with Crippen LogP contribution in [0.4, 0.5) is 0 Å². The third kappa shape index (κ3) is 6.42. The second kappa shape index (κ2) is 11.1. The number of hydrogen-bond donors (Lipinski definition) is 1. The monoisotopic (exact) mass is 544 g/mol. The molecule has 1 N–H and O–H groups in total. The van der Waals surface area contributed by atoms with Crippen LogP contribution < -0.4 is 14.9 Å². The van der Waals surface area contributed by atoms with Crippen molar-refractivity contribution in [1.29, 1.82) is 0 Å². The summed E-state index contributed by atoms with van der Waals surface area (Å²) in [5.41, 5.74) is 5.85. The van der Waals surface area contributed by atoms with Crippen molar-refractivity contribution in [2.75, 3.05) is 6.61 Å². The van der Waals surface area contributed by atoms with Crippen molar-refractivity contribution in [3.05, 3.63) is 91.9 Å². The lowest BCUT2D eigenvalue weighted by Gasteiger charge is -2.14. The summed E-state index contributed by atoms with van der Waals surface area (Å²) in [4.78, 5) is 12.3. The van der Waals surface area contributed by atoms with Crippen LogP contribution in [0, 0.1) is 6.92 Å². The number of hydrazone groups is 1. The minimum absolute atomic E-state index is 0.257. The van der Waals surface area contributed by atoms with Gasteiger partial charge >= 0.3 is 0 Å². The Bertz CT molecular complexity index is 1080. The highest BCUT2D eigenvalue weighted by Gasteiger charge is 2.13. The number of amides is 1. The predicted octanol–water partition coefficient (Wildman–Crippen LogP) is 6.26. The van der Waals surface area contributed by atoms with E-state index in [1.54, 1.807) is 12.3 Å². The van der Waals surface area contributed by atoms with Crippen molar-refractivity contribution in [2.24, 2.45) is 5.10 Å². The van der Waals surface area contributed by atoms with E-state index >= 15 is 0 Å². The Hall–Kier alpha value is -2.64. The van der Waals surface area contributed by atoms with E-state index in [9.17, 15) is 4.79 Å². The van der Waals surface area contributed by atoms with Gasteiger partial charge in [0.25, 0.3) is 5.91 Å². The number of carbonyl (C=O) groups excluding carboxylic acids is 1. The second-order valence-electron chi connectivity index (χ2n) is 6.69. The van der Waals surface area contributed by atoms with Gasteiger partial charge in [0.1, 0.15) is 6.61 Å². The highest BCUT2D eigenvalue weighted by molar-refractivity contribution is 9.10. The molecule has 3 aromatic rings. The number of benzene rings is 3. The van der Waals surface area contributed by atoms with Crippen molar-refractivity contribution < 1.29 is 14.3 Å². The average Bonchev–Trinajstić information content (AvgIpc) is 2.75. The Morgan fingerprint density at radius 1 is 1.06 bits per heavy atom. The zero-order valence-corrected chi connectivity index (χ0v) is 20.4. The lowest BCUT2D eigenvalue weighted by atomic mass is 10.1. The van der Waals surface area contributed by atoms with Gasteiger partial charge in [-0.05, 0) is 76.8 Å². The van der Waals surface area contributed by atoms with Crippen LogP contribution in [0.5, 0.6) is 11.5 Å². The van der Waals surface area contributed by atoms with Gasteiger partial charge in [-0.15, -0.1) is 0 Å². The summed E-state index contributed by atoms with van der Waals surface area (Å²) in [5.74, 6) is 0.958. The molecule has 0 unspecified atom stereocenters. The molecule has 0 atom stereocenters. The topological polar surface area (TPSA) is 59.9 Å². The van der Waals surface area contributed by atoms with Crippen LogP contribution in [-0.2, 0) is 6.61 Å². The third-order valence-corrected chi connectivity index (χ3v) is 5.52. The fourth-order valence-electron chi connectivity index (χ4n) is 2.85. The fraction of sp³-hybridized carbons (Fsp3) is 0.167. The van der Waals surface area contributed by atoms with Gasteiger partial charge in [-0.25, -0.2) is 5.43 Å². The molecule has 3 rings (SSSR count). The number of nitrogens with one attached hydrogen (secondary N) is 1. The van der Waals surface area contributed by atoms with E-state index in [-0.39, 0.29) is 5.91 Å². The van der Waals surface area contributed by atoms with E-state index in [0.717, 1.165) is 25.6 Å². The van der Waals surface area contributed by atoms with Gasteiger partial charge in [0.15, 0.2) is 11.5 Å². The standard InChI is InChI=1S/C24H22Br2N2O3/c1-3-30-22-13-18(14-27-28-24(29)20-7-5-4-6-16(20)2)12-21(26)23(22)31-15-17-8-10-19(25)11-9-17/h4-14H,3,15H2,1-2H3,(H,28,29)/b27-14+. The first-order valence-corrected chi connectivity index (χ1v) is 11.3. The van der Waals surface area contributed by atoms with Crippen molar-refractivity contribution in [3.8, 4) is 11.5 Å². The van der Waals surface area contributed by atoms with Gasteiger partial charge in [-0.2, -0.15) is 5.10 Å². The summed E-state index contributed by atoms with van der Waals surface area (Å²) >= 11 is 6.99. The van der Waals surface area contributed by atoms with Gasteiger partial charge in [0, 0.05) is 10.0 Å². The molecule has 0 saturated carbocycles. The highest BCUT2D eigenvalue weighted by atomic mass is 79.9. The average molecular weight is 546 g/mol. The Morgan fingerprint density at radius 3 is 2.52 bits per heavy atom. The molecule has 1 amide bonds. The molecule has 0 radical (unpaired) electrons. The Balaban J connectivity index is 1.73. The number of carbonyl (C=O) groups is 1. The van der Waals surface area contributed by atoms with E-state index in [0.29, 0.717) is 30.3 Å². The van der Waals surface area contributed by atoms with E-state index in [2.05, 4.69) is 42.4 Å². The number of aryl methyl sites for hydroxylation is 1. The van der Waals surface area contributed by atoms with Crippen molar-refractivity contribution in [2.45, 2.75) is 20.5 Å². The molecule has 7 heteroatoms. The van der Waals surface area contributed by atoms with Crippen LogP contribution in [0.25, 0.3) is 0 Å². The molecular formula is C24H22Br2N2O3. The van der Waals surface area contributed by atoms with E-state index in [4.69, 9.17) is 9.47 Å². The van der Waals surface area contributed by atoms with Crippen molar-refractivity contribution in [3.63, 3.8) is 0 Å². The normalized spacial score (nSPS) is 10.8. The van der Waals surface area contributed by atoms with Crippen LogP contribution in [0.2, 0.25) is 0 Å². The number of rotatable bonds is 8. The molecule has 0 spiro atoms. The molecule has 160 valence electrons. The Kier molecular flexibility index (Phi) is 8.26. The molecule has 3 aromatic carbocycles. The Morgan fingerprint density at radius 2 is 1.81 bits per heavy atom. The van der Waals surface area contributed by atoms with Gasteiger partial charge in [-0.3, -0.25) is 4.79 Å². The van der Waals surface area contributed by atoms with Gasteiger partial charge in [0.2, 0.25) is 0 Å². The van der Waals surface area contributed by atoms with Crippen LogP contribution in [0.15, 0.2) is 74.7 Å². The van der Waals surface area contributed by atoms with Gasteiger partial charge in [-0.1, -0.05) is 46.3 Å². The summed E-state index contributed by atoms with van der Waals surface area (Å²) in [5, 5.41) is 4.09. The van der Waals surface area contributed by atoms with Crippen LogP contribution in [-0.4, -0.2) is 18.7 Å². The third-order valence-electron chi connectivity index (χ3n) is 4.40. The molecule has 31 heavy (non-hydrogen) atoms. The molecule has 0 aliphatic rings. The number of nitrogens with zero attached hydrogens (tertiary/aromatic N) is 1. The largest absolute Gasteiger partial charge is 0.490 e. The molecule has 0 heterocycles. The quantitative estimate of drug-likeness (QED) is 0.268. The van der Waals surface area contributed by atoms with Crippen LogP contribution >= 0.6 is 31.9 Å². The molecule has 0 fully saturated rings. The first-order valence-electron chi connectivity index (χ1n) is 9.70. The van der Waals surface area contributed by atoms with Crippen molar-refractivity contribution >= 4 is 44.0 Å². The molecular weight excluding hydrogens is 524 g/mol. The molecule has 5 nitrogen and oxygen atoms in total. The molecule has 0 bridgehead atoms. The van der Waals surface area contributed by atoms with E-state index < -0.39 is 0 Å².